The van der Waals surface area contributed by atoms with Crippen molar-refractivity contribution in [3.05, 3.63) is 29.3 Å². The number of nitrogens with one attached hydrogen (secondary N) is 3. The number of carbonyl (C=O) groups is 2. The Hall–Kier alpha value is -2.08. The van der Waals surface area contributed by atoms with E-state index in [2.05, 4.69) is 16.0 Å². The van der Waals surface area contributed by atoms with Gasteiger partial charge in [-0.15, -0.1) is 0 Å². The van der Waals surface area contributed by atoms with Crippen LogP contribution in [-0.4, -0.2) is 38.2 Å². The van der Waals surface area contributed by atoms with Crippen molar-refractivity contribution < 1.29 is 14.3 Å². The number of benzene rings is 1. The number of anilines is 1. The summed E-state index contributed by atoms with van der Waals surface area (Å²) in [5.41, 5.74) is 2.04. The number of carbonyl (C=O) groups excluding carboxylic acids is 2. The third kappa shape index (κ3) is 4.19. The highest BCUT2D eigenvalue weighted by Gasteiger charge is 2.16. The summed E-state index contributed by atoms with van der Waals surface area (Å²) in [4.78, 5) is 23.5. The molecular formula is C15H21N3O3. The maximum atomic E-state index is 11.9. The van der Waals surface area contributed by atoms with Crippen molar-refractivity contribution in [2.75, 3.05) is 25.5 Å². The molecule has 114 valence electrons. The molecule has 0 aliphatic carbocycles. The minimum Gasteiger partial charge on any atom is -0.376 e. The van der Waals surface area contributed by atoms with Crippen molar-refractivity contribution >= 4 is 17.6 Å². The van der Waals surface area contributed by atoms with Gasteiger partial charge in [0.15, 0.2) is 0 Å². The van der Waals surface area contributed by atoms with Crippen molar-refractivity contribution in [1.82, 2.24) is 10.6 Å². The molecule has 1 heterocycles. The second-order valence-corrected chi connectivity index (χ2v) is 5.08. The van der Waals surface area contributed by atoms with E-state index in [1.807, 2.05) is 6.92 Å². The molecule has 0 radical (unpaired) electrons. The smallest absolute Gasteiger partial charge is 0.319 e. The molecule has 1 aromatic carbocycles. The zero-order chi connectivity index (χ0) is 15.2. The molecule has 0 saturated carbocycles. The van der Waals surface area contributed by atoms with Crippen LogP contribution in [0, 0.1) is 6.92 Å². The Balaban J connectivity index is 1.94. The van der Waals surface area contributed by atoms with Crippen molar-refractivity contribution in [1.29, 1.82) is 0 Å². The van der Waals surface area contributed by atoms with E-state index in [0.29, 0.717) is 17.8 Å². The van der Waals surface area contributed by atoms with Crippen LogP contribution < -0.4 is 16.0 Å². The second kappa shape index (κ2) is 7.08. The van der Waals surface area contributed by atoms with Gasteiger partial charge in [0.05, 0.1) is 6.10 Å². The van der Waals surface area contributed by atoms with E-state index in [-0.39, 0.29) is 18.0 Å². The topological polar surface area (TPSA) is 79.5 Å². The molecular weight excluding hydrogens is 270 g/mol. The molecule has 0 unspecified atom stereocenters. The van der Waals surface area contributed by atoms with Crippen LogP contribution in [-0.2, 0) is 4.74 Å². The fourth-order valence-corrected chi connectivity index (χ4v) is 2.22. The zero-order valence-corrected chi connectivity index (χ0v) is 12.4. The molecule has 3 amide bonds. The Bertz CT molecular complexity index is 525. The Morgan fingerprint density at radius 2 is 2.19 bits per heavy atom. The minimum absolute atomic E-state index is 0.106. The minimum atomic E-state index is -0.289. The lowest BCUT2D eigenvalue weighted by atomic mass is 10.1. The van der Waals surface area contributed by atoms with Gasteiger partial charge >= 0.3 is 6.03 Å². The molecule has 6 nitrogen and oxygen atoms in total. The monoisotopic (exact) mass is 291 g/mol. The molecule has 2 rings (SSSR count). The Morgan fingerprint density at radius 3 is 2.86 bits per heavy atom. The molecule has 0 bridgehead atoms. The summed E-state index contributed by atoms with van der Waals surface area (Å²) in [6, 6.07) is 4.91. The number of amides is 3. The van der Waals surface area contributed by atoms with Crippen LogP contribution in [0.5, 0.6) is 0 Å². The first-order valence-electron chi connectivity index (χ1n) is 7.09. The number of hydrogen-bond acceptors (Lipinski definition) is 3. The molecule has 3 N–H and O–H groups in total. The van der Waals surface area contributed by atoms with Crippen LogP contribution >= 0.6 is 0 Å². The maximum absolute atomic E-state index is 11.9. The molecule has 1 saturated heterocycles. The highest BCUT2D eigenvalue weighted by molar-refractivity contribution is 5.97. The van der Waals surface area contributed by atoms with Gasteiger partial charge < -0.3 is 20.7 Å². The summed E-state index contributed by atoms with van der Waals surface area (Å²) in [5, 5.41) is 8.12. The number of aryl methyl sites for hydroxylation is 1. The predicted octanol–water partition coefficient (Wildman–Crippen LogP) is 1.66. The molecule has 0 aromatic heterocycles. The summed E-state index contributed by atoms with van der Waals surface area (Å²) in [5.74, 6) is -0.183. The summed E-state index contributed by atoms with van der Waals surface area (Å²) < 4.78 is 5.45. The van der Waals surface area contributed by atoms with E-state index in [0.717, 1.165) is 25.0 Å². The van der Waals surface area contributed by atoms with E-state index in [1.165, 1.54) is 0 Å². The summed E-state index contributed by atoms with van der Waals surface area (Å²) >= 11 is 0. The average molecular weight is 291 g/mol. The van der Waals surface area contributed by atoms with Gasteiger partial charge in [0.25, 0.3) is 5.91 Å². The number of hydrogen-bond donors (Lipinski definition) is 3. The normalized spacial score (nSPS) is 17.3. The first kappa shape index (κ1) is 15.3. The van der Waals surface area contributed by atoms with Gasteiger partial charge in [-0.1, -0.05) is 6.07 Å². The molecule has 21 heavy (non-hydrogen) atoms. The first-order valence-corrected chi connectivity index (χ1v) is 7.09. The van der Waals surface area contributed by atoms with Crippen LogP contribution in [0.2, 0.25) is 0 Å². The van der Waals surface area contributed by atoms with Gasteiger partial charge in [-0.05, 0) is 37.5 Å². The van der Waals surface area contributed by atoms with Crippen LogP contribution in [0.1, 0.15) is 28.8 Å². The third-order valence-electron chi connectivity index (χ3n) is 3.49. The van der Waals surface area contributed by atoms with E-state index in [4.69, 9.17) is 4.74 Å². The van der Waals surface area contributed by atoms with E-state index < -0.39 is 0 Å². The lowest BCUT2D eigenvalue weighted by Gasteiger charge is -2.13. The zero-order valence-electron chi connectivity index (χ0n) is 12.4. The lowest BCUT2D eigenvalue weighted by Crippen LogP contribution is -2.35. The lowest BCUT2D eigenvalue weighted by molar-refractivity contribution is 0.0963. The Kier molecular flexibility index (Phi) is 5.16. The molecule has 1 fully saturated rings. The van der Waals surface area contributed by atoms with Crippen LogP contribution in [0.3, 0.4) is 0 Å². The molecule has 1 aliphatic heterocycles. The summed E-state index contributed by atoms with van der Waals surface area (Å²) in [7, 11) is 1.57. The maximum Gasteiger partial charge on any atom is 0.319 e. The SMILES string of the molecule is CNC(=O)c1ccc(C)c(NC(=O)NC[C@H]2CCCO2)c1. The highest BCUT2D eigenvalue weighted by Crippen LogP contribution is 2.17. The van der Waals surface area contributed by atoms with Gasteiger partial charge in [-0.3, -0.25) is 4.79 Å². The van der Waals surface area contributed by atoms with Gasteiger partial charge in [-0.2, -0.15) is 0 Å². The van der Waals surface area contributed by atoms with Crippen molar-refractivity contribution in [2.45, 2.75) is 25.9 Å². The number of urea groups is 1. The average Bonchev–Trinajstić information content (AvgIpc) is 3.00. The van der Waals surface area contributed by atoms with Crippen LogP contribution in [0.4, 0.5) is 10.5 Å². The first-order chi connectivity index (χ1) is 10.1. The standard InChI is InChI=1S/C15H21N3O3/c1-10-5-6-11(14(19)16-2)8-13(10)18-15(20)17-9-12-4-3-7-21-12/h5-6,8,12H,3-4,7,9H2,1-2H3,(H,16,19)(H2,17,18,20)/t12-/m1/s1. The second-order valence-electron chi connectivity index (χ2n) is 5.08. The number of ether oxygens (including phenoxy) is 1. The summed E-state index contributed by atoms with van der Waals surface area (Å²) in [6.45, 7) is 3.14. The molecule has 1 aliphatic rings. The van der Waals surface area contributed by atoms with E-state index in [9.17, 15) is 9.59 Å². The quantitative estimate of drug-likeness (QED) is 0.789. The number of rotatable bonds is 4. The van der Waals surface area contributed by atoms with Gasteiger partial charge in [0.2, 0.25) is 0 Å². The molecule has 0 spiro atoms. The van der Waals surface area contributed by atoms with Gasteiger partial charge in [0.1, 0.15) is 0 Å². The van der Waals surface area contributed by atoms with Gasteiger partial charge in [0, 0.05) is 31.5 Å². The molecule has 1 atom stereocenters. The van der Waals surface area contributed by atoms with Crippen molar-refractivity contribution in [3.8, 4) is 0 Å². The van der Waals surface area contributed by atoms with E-state index in [1.54, 1.807) is 25.2 Å². The Labute approximate surface area is 124 Å². The van der Waals surface area contributed by atoms with Gasteiger partial charge in [-0.25, -0.2) is 4.79 Å². The van der Waals surface area contributed by atoms with Crippen molar-refractivity contribution in [3.63, 3.8) is 0 Å². The van der Waals surface area contributed by atoms with Crippen molar-refractivity contribution in [2.24, 2.45) is 0 Å². The fourth-order valence-electron chi connectivity index (χ4n) is 2.22. The highest BCUT2D eigenvalue weighted by atomic mass is 16.5. The van der Waals surface area contributed by atoms with Crippen LogP contribution in [0.25, 0.3) is 0 Å². The Morgan fingerprint density at radius 1 is 1.38 bits per heavy atom. The fraction of sp³-hybridized carbons (Fsp3) is 0.467. The third-order valence-corrected chi connectivity index (χ3v) is 3.49. The summed E-state index contributed by atoms with van der Waals surface area (Å²) in [6.07, 6.45) is 2.13. The largest absolute Gasteiger partial charge is 0.376 e. The molecule has 6 heteroatoms. The molecule has 1 aromatic rings. The van der Waals surface area contributed by atoms with E-state index >= 15 is 0 Å². The van der Waals surface area contributed by atoms with Crippen LogP contribution in [0.15, 0.2) is 18.2 Å². The predicted molar refractivity (Wildman–Crippen MR) is 80.6 cm³/mol.